The summed E-state index contributed by atoms with van der Waals surface area (Å²) in [4.78, 5) is 17.1. The Morgan fingerprint density at radius 1 is 1.14 bits per heavy atom. The summed E-state index contributed by atoms with van der Waals surface area (Å²) in [5.74, 6) is -0.0468. The number of carbonyl (C=O) groups is 1. The van der Waals surface area contributed by atoms with Crippen molar-refractivity contribution in [3.63, 3.8) is 0 Å². The summed E-state index contributed by atoms with van der Waals surface area (Å²) in [6.07, 6.45) is 0. The van der Waals surface area contributed by atoms with Crippen LogP contribution in [0.3, 0.4) is 0 Å². The molecule has 3 aromatic rings. The number of aryl methyl sites for hydroxylation is 1. The molecule has 3 rings (SSSR count). The van der Waals surface area contributed by atoms with Crippen LogP contribution in [0, 0.1) is 6.92 Å². The highest BCUT2D eigenvalue weighted by atomic mass is 32.1. The second-order valence-corrected chi connectivity index (χ2v) is 6.97. The first-order valence-corrected chi connectivity index (χ1v) is 8.02. The van der Waals surface area contributed by atoms with E-state index in [2.05, 4.69) is 23.3 Å². The zero-order valence-corrected chi connectivity index (χ0v) is 13.7. The molecule has 0 radical (unpaired) electrons. The number of rotatable bonds is 3. The van der Waals surface area contributed by atoms with E-state index in [0.29, 0.717) is 5.13 Å². The van der Waals surface area contributed by atoms with Crippen LogP contribution in [-0.2, 0) is 10.2 Å². The molecule has 112 valence electrons. The number of nitrogens with one attached hydrogen (secondary N) is 1. The van der Waals surface area contributed by atoms with E-state index in [-0.39, 0.29) is 5.91 Å². The van der Waals surface area contributed by atoms with Crippen molar-refractivity contribution < 1.29 is 4.79 Å². The number of aromatic nitrogens is 1. The van der Waals surface area contributed by atoms with Crippen molar-refractivity contribution in [2.45, 2.75) is 26.2 Å². The number of hydrogen-bond acceptors (Lipinski definition) is 3. The van der Waals surface area contributed by atoms with Gasteiger partial charge in [0.2, 0.25) is 5.91 Å². The van der Waals surface area contributed by atoms with Crippen LogP contribution in [0.5, 0.6) is 0 Å². The number of nitrogens with zero attached hydrogens (tertiary/aromatic N) is 1. The monoisotopic (exact) mass is 310 g/mol. The number of thiazole rings is 1. The molecule has 1 amide bonds. The van der Waals surface area contributed by atoms with Crippen molar-refractivity contribution in [2.24, 2.45) is 0 Å². The van der Waals surface area contributed by atoms with Crippen molar-refractivity contribution in [1.29, 1.82) is 0 Å². The third kappa shape index (κ3) is 2.74. The molecule has 0 aliphatic carbocycles. The standard InChI is InChI=1S/C18H18N2OS/c1-12-9-10-14-15(11-12)22-17(19-14)20-16(21)18(2,3)13-7-5-4-6-8-13/h4-11H,1-3H3,(H,19,20,21). The van der Waals surface area contributed by atoms with Crippen molar-refractivity contribution in [2.75, 3.05) is 5.32 Å². The summed E-state index contributed by atoms with van der Waals surface area (Å²) < 4.78 is 1.09. The van der Waals surface area contributed by atoms with Crippen LogP contribution in [0.25, 0.3) is 10.2 Å². The summed E-state index contributed by atoms with van der Waals surface area (Å²) in [6, 6.07) is 15.9. The minimum atomic E-state index is -0.602. The molecule has 0 atom stereocenters. The Hall–Kier alpha value is -2.20. The lowest BCUT2D eigenvalue weighted by atomic mass is 9.84. The van der Waals surface area contributed by atoms with Crippen molar-refractivity contribution in [3.8, 4) is 0 Å². The van der Waals surface area contributed by atoms with E-state index < -0.39 is 5.41 Å². The zero-order chi connectivity index (χ0) is 15.7. The fourth-order valence-corrected chi connectivity index (χ4v) is 3.28. The maximum Gasteiger partial charge on any atom is 0.236 e. The molecular formula is C18H18N2OS. The summed E-state index contributed by atoms with van der Waals surface area (Å²) >= 11 is 1.51. The van der Waals surface area contributed by atoms with Crippen LogP contribution in [0.1, 0.15) is 25.0 Å². The lowest BCUT2D eigenvalue weighted by molar-refractivity contribution is -0.120. The molecule has 0 saturated carbocycles. The third-order valence-electron chi connectivity index (χ3n) is 3.83. The van der Waals surface area contributed by atoms with Crippen LogP contribution in [0.4, 0.5) is 5.13 Å². The van der Waals surface area contributed by atoms with Crippen LogP contribution in [-0.4, -0.2) is 10.9 Å². The van der Waals surface area contributed by atoms with E-state index in [9.17, 15) is 4.79 Å². The van der Waals surface area contributed by atoms with Crippen molar-refractivity contribution in [1.82, 2.24) is 4.98 Å². The number of benzene rings is 2. The van der Waals surface area contributed by atoms with E-state index in [1.165, 1.54) is 16.9 Å². The number of hydrogen-bond donors (Lipinski definition) is 1. The number of carbonyl (C=O) groups excluding carboxylic acids is 1. The molecule has 0 spiro atoms. The van der Waals surface area contributed by atoms with E-state index in [1.807, 2.05) is 56.3 Å². The normalized spacial score (nSPS) is 11.6. The quantitative estimate of drug-likeness (QED) is 0.772. The maximum absolute atomic E-state index is 12.6. The van der Waals surface area contributed by atoms with Crippen LogP contribution in [0.15, 0.2) is 48.5 Å². The first kappa shape index (κ1) is 14.7. The summed E-state index contributed by atoms with van der Waals surface area (Å²) in [5, 5.41) is 3.61. The summed E-state index contributed by atoms with van der Waals surface area (Å²) in [5.41, 5.74) is 2.50. The van der Waals surface area contributed by atoms with Gasteiger partial charge in [0.05, 0.1) is 15.6 Å². The van der Waals surface area contributed by atoms with Gasteiger partial charge in [-0.15, -0.1) is 0 Å². The zero-order valence-electron chi connectivity index (χ0n) is 12.9. The van der Waals surface area contributed by atoms with Gasteiger partial charge in [0.15, 0.2) is 5.13 Å². The highest BCUT2D eigenvalue weighted by Crippen LogP contribution is 2.29. The Labute approximate surface area is 134 Å². The lowest BCUT2D eigenvalue weighted by Gasteiger charge is -2.23. The molecule has 22 heavy (non-hydrogen) atoms. The molecule has 0 fully saturated rings. The Morgan fingerprint density at radius 3 is 2.59 bits per heavy atom. The van der Waals surface area contributed by atoms with Gasteiger partial charge in [-0.2, -0.15) is 0 Å². The average Bonchev–Trinajstić information content (AvgIpc) is 2.89. The number of amides is 1. The first-order valence-electron chi connectivity index (χ1n) is 7.21. The maximum atomic E-state index is 12.6. The fourth-order valence-electron chi connectivity index (χ4n) is 2.32. The van der Waals surface area contributed by atoms with Crippen molar-refractivity contribution >= 4 is 32.6 Å². The van der Waals surface area contributed by atoms with Gasteiger partial charge in [0.1, 0.15) is 0 Å². The van der Waals surface area contributed by atoms with Gasteiger partial charge in [-0.3, -0.25) is 4.79 Å². The van der Waals surface area contributed by atoms with Crippen molar-refractivity contribution in [3.05, 3.63) is 59.7 Å². The Bertz CT molecular complexity index is 821. The molecule has 4 heteroatoms. The third-order valence-corrected chi connectivity index (χ3v) is 4.76. The predicted molar refractivity (Wildman–Crippen MR) is 92.5 cm³/mol. The SMILES string of the molecule is Cc1ccc2nc(NC(=O)C(C)(C)c3ccccc3)sc2c1. The second-order valence-electron chi connectivity index (χ2n) is 5.94. The molecule has 3 nitrogen and oxygen atoms in total. The molecule has 0 unspecified atom stereocenters. The molecule has 1 heterocycles. The van der Waals surface area contributed by atoms with Gasteiger partial charge >= 0.3 is 0 Å². The number of anilines is 1. The molecule has 0 aliphatic rings. The van der Waals surface area contributed by atoms with Crippen LogP contribution < -0.4 is 5.32 Å². The molecule has 1 N–H and O–H groups in total. The van der Waals surface area contributed by atoms with Crippen LogP contribution >= 0.6 is 11.3 Å². The largest absolute Gasteiger partial charge is 0.301 e. The minimum Gasteiger partial charge on any atom is -0.301 e. The predicted octanol–water partition coefficient (Wildman–Crippen LogP) is 4.52. The molecule has 0 bridgehead atoms. The van der Waals surface area contributed by atoms with E-state index in [1.54, 1.807) is 0 Å². The molecule has 2 aromatic carbocycles. The minimum absolute atomic E-state index is 0.0468. The van der Waals surface area contributed by atoms with E-state index >= 15 is 0 Å². The lowest BCUT2D eigenvalue weighted by Crippen LogP contribution is -2.34. The summed E-state index contributed by atoms with van der Waals surface area (Å²) in [7, 11) is 0. The number of fused-ring (bicyclic) bond motifs is 1. The Morgan fingerprint density at radius 2 is 1.86 bits per heavy atom. The molecule has 1 aromatic heterocycles. The van der Waals surface area contributed by atoms with Gasteiger partial charge < -0.3 is 5.32 Å². The highest BCUT2D eigenvalue weighted by Gasteiger charge is 2.30. The topological polar surface area (TPSA) is 42.0 Å². The summed E-state index contributed by atoms with van der Waals surface area (Å²) in [6.45, 7) is 5.90. The average molecular weight is 310 g/mol. The van der Waals surface area contributed by atoms with Gasteiger partial charge in [0.25, 0.3) is 0 Å². The first-order chi connectivity index (χ1) is 10.5. The Balaban J connectivity index is 1.86. The molecule has 0 aliphatic heterocycles. The molecular weight excluding hydrogens is 292 g/mol. The molecule has 0 saturated heterocycles. The Kier molecular flexibility index (Phi) is 3.71. The second kappa shape index (κ2) is 5.54. The van der Waals surface area contributed by atoms with Gasteiger partial charge in [0, 0.05) is 0 Å². The van der Waals surface area contributed by atoms with Gasteiger partial charge in [-0.25, -0.2) is 4.98 Å². The fraction of sp³-hybridized carbons (Fsp3) is 0.222. The highest BCUT2D eigenvalue weighted by molar-refractivity contribution is 7.22. The van der Waals surface area contributed by atoms with Gasteiger partial charge in [-0.1, -0.05) is 47.7 Å². The van der Waals surface area contributed by atoms with Crippen LogP contribution in [0.2, 0.25) is 0 Å². The van der Waals surface area contributed by atoms with E-state index in [4.69, 9.17) is 0 Å². The van der Waals surface area contributed by atoms with Gasteiger partial charge in [-0.05, 0) is 44.0 Å². The smallest absolute Gasteiger partial charge is 0.236 e. The van der Waals surface area contributed by atoms with E-state index in [0.717, 1.165) is 15.8 Å².